The highest BCUT2D eigenvalue weighted by molar-refractivity contribution is 5.65. The van der Waals surface area contributed by atoms with Crippen LogP contribution >= 0.6 is 0 Å². The van der Waals surface area contributed by atoms with Gasteiger partial charge in [0.1, 0.15) is 11.6 Å². The quantitative estimate of drug-likeness (QED) is 0.540. The molecular formula is C23H23F2N. The zero-order chi connectivity index (χ0) is 18.9. The maximum Gasteiger partial charge on any atom is 0.152 e. The van der Waals surface area contributed by atoms with Crippen LogP contribution in [-0.4, -0.2) is 0 Å². The average molecular weight is 351 g/mol. The van der Waals surface area contributed by atoms with E-state index in [0.29, 0.717) is 5.56 Å². The lowest BCUT2D eigenvalue weighted by Gasteiger charge is -2.10. The molecule has 1 unspecified atom stereocenters. The van der Waals surface area contributed by atoms with Gasteiger partial charge in [0.25, 0.3) is 0 Å². The Hall–Kier alpha value is -2.65. The summed E-state index contributed by atoms with van der Waals surface area (Å²) in [6.45, 7) is 4.50. The molecule has 2 aromatic rings. The maximum absolute atomic E-state index is 14.1. The standard InChI is InChI=1S/C23H23F2N/c1-3-6-17(2)7-4-8-18-10-12-19(13-11-18)20-15-22(24)21(9-5-14-26)23(25)16-20/h10-13,15-17H,3-4,6-8H2,1-2H3. The molecule has 134 valence electrons. The van der Waals surface area contributed by atoms with Crippen molar-refractivity contribution in [3.63, 3.8) is 0 Å². The molecule has 2 aromatic carbocycles. The number of halogens is 2. The first kappa shape index (κ1) is 19.7. The van der Waals surface area contributed by atoms with E-state index in [-0.39, 0.29) is 5.56 Å². The number of aryl methyl sites for hydroxylation is 1. The van der Waals surface area contributed by atoms with Crippen LogP contribution in [0.15, 0.2) is 36.4 Å². The highest BCUT2D eigenvalue weighted by Gasteiger charge is 2.10. The summed E-state index contributed by atoms with van der Waals surface area (Å²) in [5.41, 5.74) is 2.08. The second-order valence-electron chi connectivity index (χ2n) is 6.66. The van der Waals surface area contributed by atoms with Crippen molar-refractivity contribution in [1.82, 2.24) is 0 Å². The van der Waals surface area contributed by atoms with Gasteiger partial charge in [-0.1, -0.05) is 57.4 Å². The van der Waals surface area contributed by atoms with E-state index in [1.807, 2.05) is 30.2 Å². The molecule has 0 amide bonds. The van der Waals surface area contributed by atoms with Gasteiger partial charge in [-0.2, -0.15) is 5.26 Å². The molecular weight excluding hydrogens is 328 g/mol. The first-order valence-corrected chi connectivity index (χ1v) is 9.03. The van der Waals surface area contributed by atoms with Gasteiger partial charge in [-0.15, -0.1) is 0 Å². The Morgan fingerprint density at radius 2 is 1.65 bits per heavy atom. The van der Waals surface area contributed by atoms with E-state index >= 15 is 0 Å². The Kier molecular flexibility index (Phi) is 7.37. The summed E-state index contributed by atoms with van der Waals surface area (Å²) in [4.78, 5) is 0. The van der Waals surface area contributed by atoms with Crippen LogP contribution in [0.3, 0.4) is 0 Å². The van der Waals surface area contributed by atoms with E-state index in [4.69, 9.17) is 5.26 Å². The first-order valence-electron chi connectivity index (χ1n) is 9.03. The second-order valence-corrected chi connectivity index (χ2v) is 6.66. The number of hydrogen-bond donors (Lipinski definition) is 0. The van der Waals surface area contributed by atoms with Gasteiger partial charge in [-0.25, -0.2) is 8.78 Å². The fourth-order valence-electron chi connectivity index (χ4n) is 3.11. The molecule has 1 nitrogen and oxygen atoms in total. The summed E-state index contributed by atoms with van der Waals surface area (Å²) in [6, 6.07) is 11.9. The molecule has 0 saturated heterocycles. The molecule has 0 heterocycles. The minimum atomic E-state index is -0.753. The van der Waals surface area contributed by atoms with E-state index in [1.165, 1.54) is 37.0 Å². The van der Waals surface area contributed by atoms with E-state index < -0.39 is 11.6 Å². The number of benzene rings is 2. The molecule has 0 saturated carbocycles. The first-order chi connectivity index (χ1) is 12.5. The summed E-state index contributed by atoms with van der Waals surface area (Å²) < 4.78 is 28.1. The third-order valence-corrected chi connectivity index (χ3v) is 4.52. The fraction of sp³-hybridized carbons (Fsp3) is 0.348. The van der Waals surface area contributed by atoms with Crippen molar-refractivity contribution in [2.45, 2.75) is 46.0 Å². The summed E-state index contributed by atoms with van der Waals surface area (Å²) in [7, 11) is 0. The molecule has 0 aliphatic heterocycles. The fourth-order valence-corrected chi connectivity index (χ4v) is 3.11. The van der Waals surface area contributed by atoms with Crippen molar-refractivity contribution < 1.29 is 8.78 Å². The van der Waals surface area contributed by atoms with Crippen LogP contribution in [0.1, 0.15) is 50.7 Å². The Morgan fingerprint density at radius 3 is 2.23 bits per heavy atom. The molecule has 0 spiro atoms. The van der Waals surface area contributed by atoms with Gasteiger partial charge in [0.05, 0.1) is 5.56 Å². The topological polar surface area (TPSA) is 23.8 Å². The molecule has 1 atom stereocenters. The SMILES string of the molecule is CCCC(C)CCCc1ccc(-c2cc(F)c(C#CC#N)c(F)c2)cc1. The Labute approximate surface area is 154 Å². The monoisotopic (exact) mass is 351 g/mol. The zero-order valence-electron chi connectivity index (χ0n) is 15.3. The normalized spacial score (nSPS) is 11.3. The number of nitrogens with zero attached hydrogens (tertiary/aromatic N) is 1. The van der Waals surface area contributed by atoms with Gasteiger partial charge >= 0.3 is 0 Å². The molecule has 0 aromatic heterocycles. The molecule has 0 radical (unpaired) electrons. The van der Waals surface area contributed by atoms with Crippen molar-refractivity contribution in [2.75, 3.05) is 0 Å². The number of nitriles is 1. The largest absolute Gasteiger partial charge is 0.205 e. The summed E-state index contributed by atoms with van der Waals surface area (Å²) in [6.07, 6.45) is 5.88. The van der Waals surface area contributed by atoms with Crippen molar-refractivity contribution >= 4 is 0 Å². The van der Waals surface area contributed by atoms with Crippen LogP contribution in [-0.2, 0) is 6.42 Å². The molecule has 0 aliphatic carbocycles. The Bertz CT molecular complexity index is 812. The minimum absolute atomic E-state index is 0.367. The third-order valence-electron chi connectivity index (χ3n) is 4.52. The van der Waals surface area contributed by atoms with E-state index in [9.17, 15) is 8.78 Å². The average Bonchev–Trinajstić information content (AvgIpc) is 2.62. The third kappa shape index (κ3) is 5.43. The van der Waals surface area contributed by atoms with Gasteiger partial charge in [0.15, 0.2) is 6.07 Å². The van der Waals surface area contributed by atoms with Crippen LogP contribution in [0.2, 0.25) is 0 Å². The predicted octanol–water partition coefficient (Wildman–Crippen LogP) is 6.27. The maximum atomic E-state index is 14.1. The highest BCUT2D eigenvalue weighted by atomic mass is 19.1. The van der Waals surface area contributed by atoms with Crippen molar-refractivity contribution in [3.05, 3.63) is 59.2 Å². The molecule has 0 N–H and O–H groups in total. The number of rotatable bonds is 7. The second kappa shape index (κ2) is 9.73. The van der Waals surface area contributed by atoms with E-state index in [1.54, 1.807) is 6.07 Å². The van der Waals surface area contributed by atoms with Crippen LogP contribution in [0.5, 0.6) is 0 Å². The van der Waals surface area contributed by atoms with Gasteiger partial charge in [-0.05, 0) is 53.5 Å². The molecule has 0 bridgehead atoms. The van der Waals surface area contributed by atoms with Crippen molar-refractivity contribution in [1.29, 1.82) is 5.26 Å². The van der Waals surface area contributed by atoms with Gasteiger partial charge < -0.3 is 0 Å². The van der Waals surface area contributed by atoms with Crippen LogP contribution in [0.4, 0.5) is 8.78 Å². The highest BCUT2D eigenvalue weighted by Crippen LogP contribution is 2.25. The minimum Gasteiger partial charge on any atom is -0.205 e. The van der Waals surface area contributed by atoms with Gasteiger partial charge in [0.2, 0.25) is 0 Å². The number of hydrogen-bond acceptors (Lipinski definition) is 1. The van der Waals surface area contributed by atoms with Gasteiger partial charge in [0, 0.05) is 5.92 Å². The lowest BCUT2D eigenvalue weighted by Crippen LogP contribution is -1.96. The molecule has 26 heavy (non-hydrogen) atoms. The van der Waals surface area contributed by atoms with Crippen LogP contribution < -0.4 is 0 Å². The Morgan fingerprint density at radius 1 is 1.00 bits per heavy atom. The summed E-state index contributed by atoms with van der Waals surface area (Å²) in [5, 5.41) is 8.42. The summed E-state index contributed by atoms with van der Waals surface area (Å²) >= 11 is 0. The van der Waals surface area contributed by atoms with E-state index in [2.05, 4.69) is 19.8 Å². The molecule has 0 fully saturated rings. The van der Waals surface area contributed by atoms with Crippen LogP contribution in [0.25, 0.3) is 11.1 Å². The smallest absolute Gasteiger partial charge is 0.152 e. The van der Waals surface area contributed by atoms with Crippen molar-refractivity contribution in [2.24, 2.45) is 5.92 Å². The lowest BCUT2D eigenvalue weighted by atomic mass is 9.96. The summed E-state index contributed by atoms with van der Waals surface area (Å²) in [5.74, 6) is 3.47. The predicted molar refractivity (Wildman–Crippen MR) is 101 cm³/mol. The molecule has 0 aliphatic rings. The Balaban J connectivity index is 2.08. The zero-order valence-corrected chi connectivity index (χ0v) is 15.3. The van der Waals surface area contributed by atoms with E-state index in [0.717, 1.165) is 24.3 Å². The van der Waals surface area contributed by atoms with Crippen molar-refractivity contribution in [3.8, 4) is 29.0 Å². The lowest BCUT2D eigenvalue weighted by molar-refractivity contribution is 0.469. The van der Waals surface area contributed by atoms with Crippen LogP contribution in [0, 0.1) is 40.7 Å². The molecule has 3 heteroatoms. The molecule has 2 rings (SSSR count). The van der Waals surface area contributed by atoms with Gasteiger partial charge in [-0.3, -0.25) is 0 Å².